The largest absolute Gasteiger partial charge is 0.352 e. The molecular formula is C15H15NO. The fourth-order valence-electron chi connectivity index (χ4n) is 1.72. The molecule has 0 aromatic heterocycles. The van der Waals surface area contributed by atoms with E-state index in [1.807, 2.05) is 42.5 Å². The Bertz CT molecular complexity index is 545. The van der Waals surface area contributed by atoms with Gasteiger partial charge in [-0.2, -0.15) is 0 Å². The zero-order valence-electron chi connectivity index (χ0n) is 9.65. The van der Waals surface area contributed by atoms with Crippen molar-refractivity contribution < 1.29 is 4.79 Å². The molecule has 0 saturated carbocycles. The van der Waals surface area contributed by atoms with Crippen LogP contribution in [0.25, 0.3) is 10.8 Å². The Kier molecular flexibility index (Phi) is 3.55. The van der Waals surface area contributed by atoms with Gasteiger partial charge in [0.15, 0.2) is 0 Å². The highest BCUT2D eigenvalue weighted by Crippen LogP contribution is 2.15. The fraction of sp³-hybridized carbons (Fsp3) is 0.133. The monoisotopic (exact) mass is 225 g/mol. The van der Waals surface area contributed by atoms with Crippen LogP contribution in [0.2, 0.25) is 0 Å². The lowest BCUT2D eigenvalue weighted by Gasteiger charge is -2.04. The van der Waals surface area contributed by atoms with Gasteiger partial charge in [-0.05, 0) is 29.3 Å². The first kappa shape index (κ1) is 11.4. The van der Waals surface area contributed by atoms with E-state index in [2.05, 4.69) is 11.9 Å². The van der Waals surface area contributed by atoms with E-state index < -0.39 is 0 Å². The van der Waals surface area contributed by atoms with Gasteiger partial charge in [0.1, 0.15) is 0 Å². The number of amides is 1. The molecule has 0 heterocycles. The van der Waals surface area contributed by atoms with Crippen molar-refractivity contribution in [1.29, 1.82) is 0 Å². The predicted octanol–water partition coefficient (Wildman–Crippen LogP) is 3.15. The third-order valence-electron chi connectivity index (χ3n) is 2.65. The number of hydrogen-bond acceptors (Lipinski definition) is 1. The lowest BCUT2D eigenvalue weighted by atomic mass is 10.1. The molecular weight excluding hydrogens is 210 g/mol. The summed E-state index contributed by atoms with van der Waals surface area (Å²) >= 11 is 0. The molecule has 0 unspecified atom stereocenters. The van der Waals surface area contributed by atoms with Crippen LogP contribution in [0, 0.1) is 0 Å². The summed E-state index contributed by atoms with van der Waals surface area (Å²) in [6, 6.07) is 13.8. The van der Waals surface area contributed by atoms with Crippen molar-refractivity contribution in [1.82, 2.24) is 5.32 Å². The van der Waals surface area contributed by atoms with Crippen LogP contribution in [0.1, 0.15) is 16.8 Å². The Morgan fingerprint density at radius 2 is 1.94 bits per heavy atom. The van der Waals surface area contributed by atoms with Gasteiger partial charge in [0.25, 0.3) is 5.91 Å². The van der Waals surface area contributed by atoms with E-state index >= 15 is 0 Å². The van der Waals surface area contributed by atoms with Crippen molar-refractivity contribution in [3.8, 4) is 0 Å². The summed E-state index contributed by atoms with van der Waals surface area (Å²) in [6.07, 6.45) is 2.58. The van der Waals surface area contributed by atoms with E-state index in [-0.39, 0.29) is 5.91 Å². The molecule has 0 spiro atoms. The van der Waals surface area contributed by atoms with Gasteiger partial charge in [0.05, 0.1) is 0 Å². The summed E-state index contributed by atoms with van der Waals surface area (Å²) in [7, 11) is 0. The molecule has 2 aromatic carbocycles. The second-order valence-corrected chi connectivity index (χ2v) is 3.90. The predicted molar refractivity (Wildman–Crippen MR) is 71.1 cm³/mol. The molecule has 0 radical (unpaired) electrons. The van der Waals surface area contributed by atoms with E-state index in [0.29, 0.717) is 12.1 Å². The Hall–Kier alpha value is -2.09. The van der Waals surface area contributed by atoms with Gasteiger partial charge in [-0.1, -0.05) is 36.4 Å². The van der Waals surface area contributed by atoms with E-state index in [0.717, 1.165) is 17.2 Å². The van der Waals surface area contributed by atoms with Crippen molar-refractivity contribution in [2.24, 2.45) is 0 Å². The average molecular weight is 225 g/mol. The maximum Gasteiger partial charge on any atom is 0.251 e. The molecule has 1 N–H and O–H groups in total. The van der Waals surface area contributed by atoms with E-state index in [9.17, 15) is 4.79 Å². The van der Waals surface area contributed by atoms with Gasteiger partial charge in [-0.15, -0.1) is 6.58 Å². The van der Waals surface area contributed by atoms with Crippen LogP contribution < -0.4 is 5.32 Å². The van der Waals surface area contributed by atoms with Crippen molar-refractivity contribution in [2.45, 2.75) is 6.42 Å². The standard InChI is InChI=1S/C15H15NO/c1-2-3-10-16-15(17)14-9-8-12-6-4-5-7-13(12)11-14/h2,4-9,11H,1,3,10H2,(H,16,17). The van der Waals surface area contributed by atoms with Gasteiger partial charge >= 0.3 is 0 Å². The summed E-state index contributed by atoms with van der Waals surface area (Å²) in [6.45, 7) is 4.25. The van der Waals surface area contributed by atoms with E-state index in [1.165, 1.54) is 0 Å². The molecule has 2 rings (SSSR count). The van der Waals surface area contributed by atoms with Crippen molar-refractivity contribution in [3.63, 3.8) is 0 Å². The molecule has 0 saturated heterocycles. The molecule has 86 valence electrons. The second-order valence-electron chi connectivity index (χ2n) is 3.90. The third-order valence-corrected chi connectivity index (χ3v) is 2.65. The van der Waals surface area contributed by atoms with Crippen LogP contribution in [0.4, 0.5) is 0 Å². The summed E-state index contributed by atoms with van der Waals surface area (Å²) in [5.41, 5.74) is 0.702. The number of rotatable bonds is 4. The Balaban J connectivity index is 2.18. The minimum absolute atomic E-state index is 0.0300. The lowest BCUT2D eigenvalue weighted by molar-refractivity contribution is 0.0954. The van der Waals surface area contributed by atoms with Gasteiger partial charge < -0.3 is 5.32 Å². The second kappa shape index (κ2) is 5.30. The number of hydrogen-bond donors (Lipinski definition) is 1. The zero-order valence-corrected chi connectivity index (χ0v) is 9.65. The number of fused-ring (bicyclic) bond motifs is 1. The number of benzene rings is 2. The number of carbonyl (C=O) groups is 1. The maximum atomic E-state index is 11.8. The minimum Gasteiger partial charge on any atom is -0.352 e. The first-order chi connectivity index (χ1) is 8.31. The van der Waals surface area contributed by atoms with Crippen LogP contribution in [0.5, 0.6) is 0 Å². The third kappa shape index (κ3) is 2.72. The van der Waals surface area contributed by atoms with Crippen LogP contribution >= 0.6 is 0 Å². The molecule has 2 heteroatoms. The molecule has 0 aliphatic heterocycles. The van der Waals surface area contributed by atoms with Crippen LogP contribution in [0.3, 0.4) is 0 Å². The van der Waals surface area contributed by atoms with Crippen molar-refractivity contribution in [2.75, 3.05) is 6.54 Å². The average Bonchev–Trinajstić information content (AvgIpc) is 2.38. The zero-order chi connectivity index (χ0) is 12.1. The summed E-state index contributed by atoms with van der Waals surface area (Å²) in [5, 5.41) is 5.09. The molecule has 2 aromatic rings. The van der Waals surface area contributed by atoms with Gasteiger partial charge in [0, 0.05) is 12.1 Å². The quantitative estimate of drug-likeness (QED) is 0.628. The SMILES string of the molecule is C=CCCNC(=O)c1ccc2ccccc2c1. The molecule has 1 amide bonds. The maximum absolute atomic E-state index is 11.8. The molecule has 0 fully saturated rings. The first-order valence-electron chi connectivity index (χ1n) is 5.69. The molecule has 0 aliphatic carbocycles. The molecule has 2 nitrogen and oxygen atoms in total. The Morgan fingerprint density at radius 3 is 2.71 bits per heavy atom. The van der Waals surface area contributed by atoms with Crippen molar-refractivity contribution in [3.05, 3.63) is 60.7 Å². The Morgan fingerprint density at radius 1 is 1.18 bits per heavy atom. The smallest absolute Gasteiger partial charge is 0.251 e. The van der Waals surface area contributed by atoms with Crippen LogP contribution in [-0.2, 0) is 0 Å². The normalized spacial score (nSPS) is 10.1. The van der Waals surface area contributed by atoms with Crippen LogP contribution in [-0.4, -0.2) is 12.5 Å². The highest BCUT2D eigenvalue weighted by Gasteiger charge is 2.04. The Labute approximate surface area is 101 Å². The highest BCUT2D eigenvalue weighted by atomic mass is 16.1. The first-order valence-corrected chi connectivity index (χ1v) is 5.69. The minimum atomic E-state index is -0.0300. The summed E-state index contributed by atoms with van der Waals surface area (Å²) in [4.78, 5) is 11.8. The number of nitrogens with one attached hydrogen (secondary N) is 1. The molecule has 0 bridgehead atoms. The van der Waals surface area contributed by atoms with E-state index in [4.69, 9.17) is 0 Å². The molecule has 0 atom stereocenters. The van der Waals surface area contributed by atoms with Gasteiger partial charge in [-0.3, -0.25) is 4.79 Å². The summed E-state index contributed by atoms with van der Waals surface area (Å²) in [5.74, 6) is -0.0300. The lowest BCUT2D eigenvalue weighted by Crippen LogP contribution is -2.23. The van der Waals surface area contributed by atoms with Crippen molar-refractivity contribution >= 4 is 16.7 Å². The molecule has 0 aliphatic rings. The van der Waals surface area contributed by atoms with Gasteiger partial charge in [0.2, 0.25) is 0 Å². The number of carbonyl (C=O) groups excluding carboxylic acids is 1. The van der Waals surface area contributed by atoms with Crippen LogP contribution in [0.15, 0.2) is 55.1 Å². The fourth-order valence-corrected chi connectivity index (χ4v) is 1.72. The topological polar surface area (TPSA) is 29.1 Å². The highest BCUT2D eigenvalue weighted by molar-refractivity contribution is 5.98. The van der Waals surface area contributed by atoms with E-state index in [1.54, 1.807) is 6.08 Å². The van der Waals surface area contributed by atoms with Gasteiger partial charge in [-0.25, -0.2) is 0 Å². The summed E-state index contributed by atoms with van der Waals surface area (Å²) < 4.78 is 0. The molecule has 17 heavy (non-hydrogen) atoms.